The molecule has 108 valence electrons. The van der Waals surface area contributed by atoms with Gasteiger partial charge in [-0.3, -0.25) is 4.98 Å². The predicted molar refractivity (Wildman–Crippen MR) is 88.7 cm³/mol. The molecule has 0 aliphatic heterocycles. The van der Waals surface area contributed by atoms with Crippen LogP contribution in [0, 0.1) is 0 Å². The van der Waals surface area contributed by atoms with Gasteiger partial charge >= 0.3 is 0 Å². The largest absolute Gasteiger partial charge is 0.384 e. The summed E-state index contributed by atoms with van der Waals surface area (Å²) >= 11 is 0. The molecule has 1 aromatic carbocycles. The lowest BCUT2D eigenvalue weighted by Gasteiger charge is -2.15. The highest BCUT2D eigenvalue weighted by Crippen LogP contribution is 2.29. The molecule has 0 unspecified atom stereocenters. The number of benzene rings is 1. The van der Waals surface area contributed by atoms with E-state index >= 15 is 0 Å². The van der Waals surface area contributed by atoms with Gasteiger partial charge in [0.2, 0.25) is 0 Å². The molecule has 0 amide bonds. The van der Waals surface area contributed by atoms with Crippen LogP contribution in [0.15, 0.2) is 24.3 Å². The Morgan fingerprint density at radius 3 is 2.40 bits per heavy atom. The van der Waals surface area contributed by atoms with Crippen molar-refractivity contribution in [2.45, 2.75) is 52.9 Å². The molecule has 1 N–H and O–H groups in total. The summed E-state index contributed by atoms with van der Waals surface area (Å²) in [5.41, 5.74) is 4.85. The molecule has 0 saturated carbocycles. The van der Waals surface area contributed by atoms with E-state index in [1.807, 2.05) is 0 Å². The summed E-state index contributed by atoms with van der Waals surface area (Å²) < 4.78 is 0. The highest BCUT2D eigenvalue weighted by atomic mass is 14.9. The molecule has 0 saturated heterocycles. The molecular formula is C18H26N2. The molecule has 2 heteroatoms. The molecule has 1 heterocycles. The molecular weight excluding hydrogens is 244 g/mol. The van der Waals surface area contributed by atoms with E-state index in [0.717, 1.165) is 24.2 Å². The molecule has 0 spiro atoms. The zero-order valence-electron chi connectivity index (χ0n) is 13.3. The Morgan fingerprint density at radius 1 is 1.05 bits per heavy atom. The summed E-state index contributed by atoms with van der Waals surface area (Å²) in [7, 11) is 0. The highest BCUT2D eigenvalue weighted by molar-refractivity contribution is 5.92. The molecule has 0 fully saturated rings. The Balaban J connectivity index is 2.58. The molecule has 0 bridgehead atoms. The molecule has 1 aromatic heterocycles. The van der Waals surface area contributed by atoms with Crippen molar-refractivity contribution in [3.8, 4) is 0 Å². The van der Waals surface area contributed by atoms with Crippen LogP contribution in [0.2, 0.25) is 0 Å². The first-order chi connectivity index (χ1) is 9.52. The van der Waals surface area contributed by atoms with Crippen LogP contribution in [-0.4, -0.2) is 11.5 Å². The number of hydrogen-bond acceptors (Lipinski definition) is 2. The van der Waals surface area contributed by atoms with E-state index in [1.54, 1.807) is 0 Å². The molecule has 2 aromatic rings. The molecule has 0 aliphatic carbocycles. The summed E-state index contributed by atoms with van der Waals surface area (Å²) in [4.78, 5) is 4.80. The molecule has 2 nitrogen and oxygen atoms in total. The van der Waals surface area contributed by atoms with Crippen LogP contribution in [0.3, 0.4) is 0 Å². The fourth-order valence-corrected chi connectivity index (χ4v) is 2.32. The first-order valence-electron chi connectivity index (χ1n) is 7.71. The van der Waals surface area contributed by atoms with Gasteiger partial charge in [0.1, 0.15) is 0 Å². The number of anilines is 1. The van der Waals surface area contributed by atoms with Crippen molar-refractivity contribution in [2.24, 2.45) is 0 Å². The molecule has 2 rings (SSSR count). The monoisotopic (exact) mass is 270 g/mol. The predicted octanol–water partition coefficient (Wildman–Crippen LogP) is 5.30. The van der Waals surface area contributed by atoms with Gasteiger partial charge in [0.15, 0.2) is 0 Å². The third-order valence-electron chi connectivity index (χ3n) is 3.68. The van der Waals surface area contributed by atoms with E-state index in [0.29, 0.717) is 11.8 Å². The van der Waals surface area contributed by atoms with Gasteiger partial charge in [0, 0.05) is 23.3 Å². The van der Waals surface area contributed by atoms with E-state index in [-0.39, 0.29) is 0 Å². The minimum absolute atomic E-state index is 0.450. The van der Waals surface area contributed by atoms with Crippen molar-refractivity contribution < 1.29 is 0 Å². The summed E-state index contributed by atoms with van der Waals surface area (Å²) in [6, 6.07) is 8.86. The van der Waals surface area contributed by atoms with Crippen molar-refractivity contribution in [3.05, 3.63) is 35.5 Å². The lowest BCUT2D eigenvalue weighted by molar-refractivity contribution is 0.829. The minimum atomic E-state index is 0.450. The second-order valence-electron chi connectivity index (χ2n) is 6.11. The van der Waals surface area contributed by atoms with Crippen LogP contribution in [0.1, 0.15) is 64.1 Å². The first-order valence-corrected chi connectivity index (χ1v) is 7.71. The SMILES string of the molecule is CCCNc1cc(C(C)C)nc2ccc(C(C)C)cc12. The fraction of sp³-hybridized carbons (Fsp3) is 0.500. The van der Waals surface area contributed by atoms with Crippen molar-refractivity contribution >= 4 is 16.6 Å². The fourth-order valence-electron chi connectivity index (χ4n) is 2.32. The van der Waals surface area contributed by atoms with E-state index in [9.17, 15) is 0 Å². The maximum Gasteiger partial charge on any atom is 0.0726 e. The maximum atomic E-state index is 4.80. The second-order valence-corrected chi connectivity index (χ2v) is 6.11. The van der Waals surface area contributed by atoms with Gasteiger partial charge in [-0.25, -0.2) is 0 Å². The maximum absolute atomic E-state index is 4.80. The normalized spacial score (nSPS) is 11.6. The zero-order valence-corrected chi connectivity index (χ0v) is 13.3. The van der Waals surface area contributed by atoms with E-state index in [2.05, 4.69) is 64.2 Å². The third-order valence-corrected chi connectivity index (χ3v) is 3.68. The van der Waals surface area contributed by atoms with Crippen molar-refractivity contribution in [3.63, 3.8) is 0 Å². The average Bonchev–Trinajstić information content (AvgIpc) is 2.43. The van der Waals surface area contributed by atoms with Crippen molar-refractivity contribution in [1.82, 2.24) is 4.98 Å². The summed E-state index contributed by atoms with van der Waals surface area (Å²) in [5, 5.41) is 4.80. The van der Waals surface area contributed by atoms with Gasteiger partial charge in [0.05, 0.1) is 5.52 Å². The number of hydrogen-bond donors (Lipinski definition) is 1. The summed E-state index contributed by atoms with van der Waals surface area (Å²) in [5.74, 6) is 0.995. The lowest BCUT2D eigenvalue weighted by atomic mass is 9.99. The summed E-state index contributed by atoms with van der Waals surface area (Å²) in [6.07, 6.45) is 1.13. The van der Waals surface area contributed by atoms with Crippen LogP contribution in [0.4, 0.5) is 5.69 Å². The van der Waals surface area contributed by atoms with E-state index in [4.69, 9.17) is 4.98 Å². The summed E-state index contributed by atoms with van der Waals surface area (Å²) in [6.45, 7) is 12.1. The van der Waals surface area contributed by atoms with Gasteiger partial charge < -0.3 is 5.32 Å². The number of nitrogens with one attached hydrogen (secondary N) is 1. The third kappa shape index (κ3) is 3.12. The number of rotatable bonds is 5. The number of pyridine rings is 1. The standard InChI is InChI=1S/C18H26N2/c1-6-9-19-18-11-17(13(4)5)20-16-8-7-14(12(2)3)10-15(16)18/h7-8,10-13H,6,9H2,1-5H3,(H,19,20). The van der Waals surface area contributed by atoms with E-state index in [1.165, 1.54) is 16.6 Å². The van der Waals surface area contributed by atoms with Crippen LogP contribution in [-0.2, 0) is 0 Å². The van der Waals surface area contributed by atoms with Crippen LogP contribution in [0.25, 0.3) is 10.9 Å². The van der Waals surface area contributed by atoms with Crippen LogP contribution in [0.5, 0.6) is 0 Å². The Morgan fingerprint density at radius 2 is 1.80 bits per heavy atom. The van der Waals surface area contributed by atoms with Crippen molar-refractivity contribution in [2.75, 3.05) is 11.9 Å². The lowest BCUT2D eigenvalue weighted by Crippen LogP contribution is -2.04. The quantitative estimate of drug-likeness (QED) is 0.797. The smallest absolute Gasteiger partial charge is 0.0726 e. The van der Waals surface area contributed by atoms with E-state index < -0.39 is 0 Å². The van der Waals surface area contributed by atoms with Gasteiger partial charge in [-0.05, 0) is 42.0 Å². The first kappa shape index (κ1) is 14.8. The van der Waals surface area contributed by atoms with Gasteiger partial charge in [-0.15, -0.1) is 0 Å². The van der Waals surface area contributed by atoms with Crippen molar-refractivity contribution in [1.29, 1.82) is 0 Å². The molecule has 0 radical (unpaired) electrons. The Kier molecular flexibility index (Phi) is 4.64. The number of fused-ring (bicyclic) bond motifs is 1. The Labute approximate surface area is 122 Å². The topological polar surface area (TPSA) is 24.9 Å². The average molecular weight is 270 g/mol. The van der Waals surface area contributed by atoms with Crippen LogP contribution < -0.4 is 5.32 Å². The Bertz CT molecular complexity index is 585. The number of aromatic nitrogens is 1. The number of nitrogens with zero attached hydrogens (tertiary/aromatic N) is 1. The Hall–Kier alpha value is -1.57. The van der Waals surface area contributed by atoms with Crippen LogP contribution >= 0.6 is 0 Å². The van der Waals surface area contributed by atoms with Gasteiger partial charge in [-0.2, -0.15) is 0 Å². The van der Waals surface area contributed by atoms with Gasteiger partial charge in [-0.1, -0.05) is 40.7 Å². The molecule has 0 atom stereocenters. The minimum Gasteiger partial charge on any atom is -0.384 e. The zero-order chi connectivity index (χ0) is 14.7. The highest BCUT2D eigenvalue weighted by Gasteiger charge is 2.10. The van der Waals surface area contributed by atoms with Gasteiger partial charge in [0.25, 0.3) is 0 Å². The molecule has 0 aliphatic rings. The second kappa shape index (κ2) is 6.25. The molecule has 20 heavy (non-hydrogen) atoms.